The lowest BCUT2D eigenvalue weighted by atomic mass is 10.1. The first-order chi connectivity index (χ1) is 8.91. The third-order valence-electron chi connectivity index (χ3n) is 4.73. The Balaban J connectivity index is 2.12. The van der Waals surface area contributed by atoms with E-state index in [-0.39, 0.29) is 18.6 Å². The Bertz CT molecular complexity index is 380. The van der Waals surface area contributed by atoms with Crippen molar-refractivity contribution in [1.82, 2.24) is 4.90 Å². The Hall–Kier alpha value is -1.10. The number of hydrogen-bond donors (Lipinski definition) is 2. The van der Waals surface area contributed by atoms with Crippen LogP contribution in [0.3, 0.4) is 0 Å². The summed E-state index contributed by atoms with van der Waals surface area (Å²) < 4.78 is 0. The summed E-state index contributed by atoms with van der Waals surface area (Å²) in [5.74, 6) is -1.99. The minimum absolute atomic E-state index is 0.0311. The molecular weight excluding hydrogens is 246 g/mol. The number of aliphatic hydroxyl groups excluding tert-OH is 1. The zero-order valence-electron chi connectivity index (χ0n) is 11.6. The van der Waals surface area contributed by atoms with Gasteiger partial charge in [0.25, 0.3) is 0 Å². The summed E-state index contributed by atoms with van der Waals surface area (Å²) >= 11 is 0. The van der Waals surface area contributed by atoms with E-state index in [4.69, 9.17) is 5.11 Å². The highest BCUT2D eigenvalue weighted by Crippen LogP contribution is 2.59. The van der Waals surface area contributed by atoms with Crippen molar-refractivity contribution >= 4 is 11.9 Å². The van der Waals surface area contributed by atoms with Gasteiger partial charge in [0.1, 0.15) is 0 Å². The largest absolute Gasteiger partial charge is 0.481 e. The fourth-order valence-electron chi connectivity index (χ4n) is 3.40. The van der Waals surface area contributed by atoms with Gasteiger partial charge in [-0.2, -0.15) is 0 Å². The fourth-order valence-corrected chi connectivity index (χ4v) is 3.40. The predicted molar refractivity (Wildman–Crippen MR) is 69.5 cm³/mol. The van der Waals surface area contributed by atoms with Crippen LogP contribution in [0.25, 0.3) is 0 Å². The number of hydrogen-bond acceptors (Lipinski definition) is 3. The molecule has 5 nitrogen and oxygen atoms in total. The van der Waals surface area contributed by atoms with E-state index in [1.165, 1.54) is 0 Å². The molecule has 0 bridgehead atoms. The Morgan fingerprint density at radius 1 is 1.21 bits per heavy atom. The SMILES string of the molecule is CC1(C)C(C(=O)O)C1C(=O)N1CCCCCC1CO. The fraction of sp³-hybridized carbons (Fsp3) is 0.857. The lowest BCUT2D eigenvalue weighted by Gasteiger charge is -2.29. The molecule has 0 aromatic heterocycles. The molecule has 3 atom stereocenters. The van der Waals surface area contributed by atoms with Crippen LogP contribution >= 0.6 is 0 Å². The molecule has 0 radical (unpaired) electrons. The number of carbonyl (C=O) groups excluding carboxylic acids is 1. The number of carboxylic acid groups (broad SMARTS) is 1. The molecule has 2 aliphatic rings. The summed E-state index contributed by atoms with van der Waals surface area (Å²) in [6.07, 6.45) is 3.84. The third-order valence-corrected chi connectivity index (χ3v) is 4.73. The van der Waals surface area contributed by atoms with E-state index >= 15 is 0 Å². The van der Waals surface area contributed by atoms with Gasteiger partial charge < -0.3 is 15.1 Å². The quantitative estimate of drug-likeness (QED) is 0.804. The number of rotatable bonds is 3. The van der Waals surface area contributed by atoms with E-state index in [2.05, 4.69) is 0 Å². The van der Waals surface area contributed by atoms with Crippen molar-refractivity contribution in [3.63, 3.8) is 0 Å². The van der Waals surface area contributed by atoms with Gasteiger partial charge in [-0.05, 0) is 18.3 Å². The van der Waals surface area contributed by atoms with Crippen LogP contribution in [-0.2, 0) is 9.59 Å². The van der Waals surface area contributed by atoms with Gasteiger partial charge in [0.05, 0.1) is 24.5 Å². The molecule has 2 fully saturated rings. The summed E-state index contributed by atoms with van der Waals surface area (Å²) in [7, 11) is 0. The second-order valence-corrected chi connectivity index (χ2v) is 6.33. The van der Waals surface area contributed by atoms with Gasteiger partial charge in [-0.3, -0.25) is 9.59 Å². The number of carboxylic acids is 1. The molecule has 0 aromatic rings. The van der Waals surface area contributed by atoms with Crippen LogP contribution in [0.5, 0.6) is 0 Å². The van der Waals surface area contributed by atoms with Crippen molar-refractivity contribution in [2.24, 2.45) is 17.3 Å². The lowest BCUT2D eigenvalue weighted by molar-refractivity contribution is -0.143. The average Bonchev–Trinajstić information content (AvgIpc) is 2.99. The van der Waals surface area contributed by atoms with Crippen molar-refractivity contribution in [2.75, 3.05) is 13.2 Å². The maximum absolute atomic E-state index is 12.6. The first-order valence-electron chi connectivity index (χ1n) is 7.05. The van der Waals surface area contributed by atoms with Crippen molar-refractivity contribution in [3.8, 4) is 0 Å². The average molecular weight is 269 g/mol. The van der Waals surface area contributed by atoms with Crippen molar-refractivity contribution in [1.29, 1.82) is 0 Å². The summed E-state index contributed by atoms with van der Waals surface area (Å²) in [4.78, 5) is 25.5. The summed E-state index contributed by atoms with van der Waals surface area (Å²) in [5.41, 5.74) is -0.463. The van der Waals surface area contributed by atoms with Gasteiger partial charge in [0.2, 0.25) is 5.91 Å². The number of likely N-dealkylation sites (tertiary alicyclic amines) is 1. The van der Waals surface area contributed by atoms with Crippen LogP contribution in [0.2, 0.25) is 0 Å². The minimum Gasteiger partial charge on any atom is -0.481 e. The van der Waals surface area contributed by atoms with Gasteiger partial charge >= 0.3 is 5.97 Å². The van der Waals surface area contributed by atoms with Crippen LogP contribution in [-0.4, -0.2) is 46.2 Å². The van der Waals surface area contributed by atoms with Gasteiger partial charge in [-0.25, -0.2) is 0 Å². The topological polar surface area (TPSA) is 77.8 Å². The number of aliphatic hydroxyl groups is 1. The molecule has 3 unspecified atom stereocenters. The van der Waals surface area contributed by atoms with Gasteiger partial charge in [0, 0.05) is 6.54 Å². The normalized spacial score (nSPS) is 33.6. The minimum atomic E-state index is -0.890. The molecule has 1 aliphatic carbocycles. The van der Waals surface area contributed by atoms with Gasteiger partial charge in [-0.15, -0.1) is 0 Å². The molecule has 5 heteroatoms. The van der Waals surface area contributed by atoms with E-state index in [0.29, 0.717) is 6.54 Å². The predicted octanol–water partition coefficient (Wildman–Crippen LogP) is 1.11. The number of aliphatic carboxylic acids is 1. The Labute approximate surface area is 113 Å². The third kappa shape index (κ3) is 2.48. The Morgan fingerprint density at radius 2 is 1.89 bits per heavy atom. The summed E-state index contributed by atoms with van der Waals surface area (Å²) in [6.45, 7) is 4.28. The molecule has 0 spiro atoms. The second kappa shape index (κ2) is 5.12. The number of nitrogens with zero attached hydrogens (tertiary/aromatic N) is 1. The first-order valence-corrected chi connectivity index (χ1v) is 7.05. The molecule has 1 saturated carbocycles. The zero-order valence-corrected chi connectivity index (χ0v) is 11.6. The maximum atomic E-state index is 12.6. The molecule has 2 rings (SSSR count). The molecule has 19 heavy (non-hydrogen) atoms. The first kappa shape index (κ1) is 14.3. The highest BCUT2D eigenvalue weighted by Gasteiger charge is 2.66. The molecule has 1 aliphatic heterocycles. The number of carbonyl (C=O) groups is 2. The smallest absolute Gasteiger partial charge is 0.307 e. The van der Waals surface area contributed by atoms with E-state index in [9.17, 15) is 14.7 Å². The standard InChI is InChI=1S/C14H23NO4/c1-14(2)10(11(14)13(18)19)12(17)15-7-5-3-4-6-9(15)8-16/h9-11,16H,3-8H2,1-2H3,(H,18,19). The van der Waals surface area contributed by atoms with E-state index in [0.717, 1.165) is 25.7 Å². The van der Waals surface area contributed by atoms with Crippen LogP contribution in [0.1, 0.15) is 39.5 Å². The van der Waals surface area contributed by atoms with E-state index in [1.54, 1.807) is 4.90 Å². The van der Waals surface area contributed by atoms with Crippen LogP contribution in [0.4, 0.5) is 0 Å². The molecular formula is C14H23NO4. The molecule has 0 aromatic carbocycles. The number of amides is 1. The van der Waals surface area contributed by atoms with Crippen molar-refractivity contribution in [2.45, 2.75) is 45.6 Å². The molecule has 1 amide bonds. The lowest BCUT2D eigenvalue weighted by Crippen LogP contribution is -2.43. The van der Waals surface area contributed by atoms with Crippen LogP contribution in [0.15, 0.2) is 0 Å². The second-order valence-electron chi connectivity index (χ2n) is 6.33. The summed E-state index contributed by atoms with van der Waals surface area (Å²) in [5, 5.41) is 18.6. The van der Waals surface area contributed by atoms with Crippen LogP contribution in [0, 0.1) is 17.3 Å². The summed E-state index contributed by atoms with van der Waals surface area (Å²) in [6, 6.07) is -0.138. The molecule has 108 valence electrons. The van der Waals surface area contributed by atoms with Gasteiger partial charge in [0.15, 0.2) is 0 Å². The highest BCUT2D eigenvalue weighted by molar-refractivity contribution is 5.91. The van der Waals surface area contributed by atoms with Crippen LogP contribution < -0.4 is 0 Å². The highest BCUT2D eigenvalue weighted by atomic mass is 16.4. The Morgan fingerprint density at radius 3 is 2.42 bits per heavy atom. The van der Waals surface area contributed by atoms with Gasteiger partial charge in [-0.1, -0.05) is 26.7 Å². The van der Waals surface area contributed by atoms with E-state index < -0.39 is 23.2 Å². The zero-order chi connectivity index (χ0) is 14.2. The molecule has 1 saturated heterocycles. The van der Waals surface area contributed by atoms with E-state index in [1.807, 2.05) is 13.8 Å². The Kier molecular flexibility index (Phi) is 3.85. The monoisotopic (exact) mass is 269 g/mol. The molecule has 1 heterocycles. The van der Waals surface area contributed by atoms with Crippen molar-refractivity contribution in [3.05, 3.63) is 0 Å². The molecule has 2 N–H and O–H groups in total. The van der Waals surface area contributed by atoms with Crippen molar-refractivity contribution < 1.29 is 19.8 Å². The maximum Gasteiger partial charge on any atom is 0.307 e.